The van der Waals surface area contributed by atoms with Crippen LogP contribution in [0.4, 0.5) is 17.1 Å². The quantitative estimate of drug-likeness (QED) is 0.181. The highest BCUT2D eigenvalue weighted by Crippen LogP contribution is 2.47. The Labute approximate surface area is 288 Å². The van der Waals surface area contributed by atoms with Gasteiger partial charge < -0.3 is 9.47 Å². The van der Waals surface area contributed by atoms with Gasteiger partial charge in [0.15, 0.2) is 0 Å². The van der Waals surface area contributed by atoms with Gasteiger partial charge in [0.05, 0.1) is 22.4 Å². The number of nitrogens with zero attached hydrogens (tertiary/aromatic N) is 2. The van der Waals surface area contributed by atoms with Crippen LogP contribution >= 0.6 is 11.3 Å². The number of rotatable bonds is 5. The van der Waals surface area contributed by atoms with E-state index in [-0.39, 0.29) is 0 Å². The molecule has 0 aliphatic carbocycles. The zero-order valence-electron chi connectivity index (χ0n) is 26.6. The average Bonchev–Trinajstić information content (AvgIpc) is 3.72. The van der Waals surface area contributed by atoms with Gasteiger partial charge in [-0.25, -0.2) is 0 Å². The third kappa shape index (κ3) is 4.40. The first-order valence-corrected chi connectivity index (χ1v) is 17.5. The van der Waals surface area contributed by atoms with E-state index in [2.05, 4.69) is 191 Å². The lowest BCUT2D eigenvalue weighted by Crippen LogP contribution is -2.11. The predicted molar refractivity (Wildman–Crippen MR) is 211 cm³/mol. The lowest BCUT2D eigenvalue weighted by Gasteiger charge is -2.28. The first-order chi connectivity index (χ1) is 24.3. The summed E-state index contributed by atoms with van der Waals surface area (Å²) >= 11 is 1.86. The maximum absolute atomic E-state index is 2.47. The van der Waals surface area contributed by atoms with Gasteiger partial charge in [-0.1, -0.05) is 127 Å². The van der Waals surface area contributed by atoms with Crippen LogP contribution in [0.25, 0.3) is 69.6 Å². The monoisotopic (exact) mass is 642 g/mol. The largest absolute Gasteiger partial charge is 0.309 e. The Morgan fingerprint density at radius 1 is 0.449 bits per heavy atom. The van der Waals surface area contributed by atoms with Crippen molar-refractivity contribution in [1.82, 2.24) is 4.57 Å². The Bertz CT molecular complexity index is 2840. The van der Waals surface area contributed by atoms with Crippen LogP contribution in [0.2, 0.25) is 0 Å². The van der Waals surface area contributed by atoms with Crippen molar-refractivity contribution < 1.29 is 0 Å². The molecule has 0 radical (unpaired) electrons. The average molecular weight is 643 g/mol. The number of thiophene rings is 1. The second-order valence-corrected chi connectivity index (χ2v) is 13.6. The van der Waals surface area contributed by atoms with Crippen LogP contribution in [0.3, 0.4) is 0 Å². The second-order valence-electron chi connectivity index (χ2n) is 12.5. The van der Waals surface area contributed by atoms with Crippen molar-refractivity contribution in [2.24, 2.45) is 0 Å². The summed E-state index contributed by atoms with van der Waals surface area (Å²) in [5.74, 6) is 0. The number of fused-ring (bicyclic) bond motifs is 7. The molecule has 0 unspecified atom stereocenters. The van der Waals surface area contributed by atoms with E-state index >= 15 is 0 Å². The molecule has 0 saturated heterocycles. The fourth-order valence-corrected chi connectivity index (χ4v) is 8.79. The normalized spacial score (nSPS) is 11.7. The van der Waals surface area contributed by atoms with Crippen molar-refractivity contribution in [3.8, 4) is 16.8 Å². The van der Waals surface area contributed by atoms with E-state index < -0.39 is 0 Å². The number of benzene rings is 8. The maximum atomic E-state index is 2.47. The molecule has 8 aromatic carbocycles. The van der Waals surface area contributed by atoms with Crippen LogP contribution in [-0.2, 0) is 0 Å². The molecule has 0 fully saturated rings. The maximum Gasteiger partial charge on any atom is 0.0619 e. The summed E-state index contributed by atoms with van der Waals surface area (Å²) in [7, 11) is 0. The van der Waals surface area contributed by atoms with Crippen LogP contribution in [0.5, 0.6) is 0 Å². The lowest BCUT2D eigenvalue weighted by atomic mass is 10.00. The van der Waals surface area contributed by atoms with Gasteiger partial charge in [0.2, 0.25) is 0 Å². The Balaban J connectivity index is 1.26. The molecule has 0 saturated carbocycles. The molecule has 2 aromatic heterocycles. The van der Waals surface area contributed by atoms with E-state index in [0.29, 0.717) is 0 Å². The highest BCUT2D eigenvalue weighted by Gasteiger charge is 2.22. The summed E-state index contributed by atoms with van der Waals surface area (Å²) in [5.41, 5.74) is 9.43. The van der Waals surface area contributed by atoms with Crippen molar-refractivity contribution in [3.63, 3.8) is 0 Å². The van der Waals surface area contributed by atoms with Gasteiger partial charge in [-0.2, -0.15) is 0 Å². The fraction of sp³-hybridized carbons (Fsp3) is 0. The number of aromatic nitrogens is 1. The van der Waals surface area contributed by atoms with Crippen molar-refractivity contribution in [2.45, 2.75) is 0 Å². The molecule has 0 N–H and O–H groups in total. The molecule has 0 amide bonds. The standard InChI is InChI=1S/C46H30N2S/c1-2-17-33(18-3-1)48-41-25-8-6-21-37(41)38-24-12-23-36(46(38)48)32-16-10-19-34(30-32)47(40-26-11-15-31-14-4-5-20-35(31)40)42-27-13-29-44-45(42)39-22-7-9-28-43(39)49-44/h1-30H. The molecule has 10 aromatic rings. The molecule has 0 aliphatic rings. The minimum absolute atomic E-state index is 1.12. The van der Waals surface area contributed by atoms with E-state index in [1.165, 1.54) is 69.6 Å². The Morgan fingerprint density at radius 2 is 1.10 bits per heavy atom. The number of hydrogen-bond donors (Lipinski definition) is 0. The van der Waals surface area contributed by atoms with Gasteiger partial charge in [0.25, 0.3) is 0 Å². The summed E-state index contributed by atoms with van der Waals surface area (Å²) in [5, 5.41) is 7.53. The summed E-state index contributed by atoms with van der Waals surface area (Å²) in [6.45, 7) is 0. The minimum Gasteiger partial charge on any atom is -0.309 e. The Morgan fingerprint density at radius 3 is 2.02 bits per heavy atom. The topological polar surface area (TPSA) is 8.17 Å². The van der Waals surface area contributed by atoms with Crippen LogP contribution in [0, 0.1) is 0 Å². The molecule has 230 valence electrons. The number of para-hydroxylation sites is 3. The predicted octanol–water partition coefficient (Wildman–Crippen LogP) is 13.4. The summed E-state index contributed by atoms with van der Waals surface area (Å²) in [4.78, 5) is 2.47. The highest BCUT2D eigenvalue weighted by molar-refractivity contribution is 7.26. The molecule has 2 heterocycles. The summed E-state index contributed by atoms with van der Waals surface area (Å²) < 4.78 is 5.02. The Kier molecular flexibility index (Phi) is 6.39. The highest BCUT2D eigenvalue weighted by atomic mass is 32.1. The van der Waals surface area contributed by atoms with Crippen molar-refractivity contribution >= 4 is 81.1 Å². The van der Waals surface area contributed by atoms with Crippen molar-refractivity contribution in [3.05, 3.63) is 182 Å². The minimum atomic E-state index is 1.12. The van der Waals surface area contributed by atoms with Crippen LogP contribution < -0.4 is 4.90 Å². The molecule has 0 aliphatic heterocycles. The fourth-order valence-electron chi connectivity index (χ4n) is 7.66. The Hall–Kier alpha value is -6.16. The van der Waals surface area contributed by atoms with Gasteiger partial charge in [-0.3, -0.25) is 0 Å². The summed E-state index contributed by atoms with van der Waals surface area (Å²) in [6.07, 6.45) is 0. The zero-order valence-corrected chi connectivity index (χ0v) is 27.4. The zero-order chi connectivity index (χ0) is 32.3. The molecule has 49 heavy (non-hydrogen) atoms. The number of anilines is 3. The van der Waals surface area contributed by atoms with Gasteiger partial charge in [0.1, 0.15) is 0 Å². The van der Waals surface area contributed by atoms with Crippen LogP contribution in [0.15, 0.2) is 182 Å². The number of hydrogen-bond acceptors (Lipinski definition) is 2. The molecule has 0 atom stereocenters. The van der Waals surface area contributed by atoms with Crippen molar-refractivity contribution in [2.75, 3.05) is 4.90 Å². The molecular weight excluding hydrogens is 613 g/mol. The van der Waals surface area contributed by atoms with E-state index in [1.807, 2.05) is 11.3 Å². The van der Waals surface area contributed by atoms with Crippen molar-refractivity contribution in [1.29, 1.82) is 0 Å². The van der Waals surface area contributed by atoms with Crippen LogP contribution in [-0.4, -0.2) is 4.57 Å². The molecule has 2 nitrogen and oxygen atoms in total. The van der Waals surface area contributed by atoms with E-state index in [1.54, 1.807) is 0 Å². The van der Waals surface area contributed by atoms with Gasteiger partial charge in [-0.05, 0) is 65.5 Å². The SMILES string of the molecule is c1ccc(-n2c3ccccc3c3cccc(-c4cccc(N(c5cccc6ccccc56)c5cccc6sc7ccccc7c56)c4)c32)cc1. The molecule has 0 bridgehead atoms. The lowest BCUT2D eigenvalue weighted by molar-refractivity contribution is 1.18. The third-order valence-corrected chi connectivity index (χ3v) is 10.9. The van der Waals surface area contributed by atoms with Gasteiger partial charge >= 0.3 is 0 Å². The van der Waals surface area contributed by atoms with E-state index in [4.69, 9.17) is 0 Å². The summed E-state index contributed by atoms with van der Waals surface area (Å²) in [6, 6.07) is 66.2. The van der Waals surface area contributed by atoms with Crippen LogP contribution in [0.1, 0.15) is 0 Å². The molecular formula is C46H30N2S. The first kappa shape index (κ1) is 27.9. The molecule has 0 spiro atoms. The second kappa shape index (κ2) is 11.2. The van der Waals surface area contributed by atoms with Gasteiger partial charge in [-0.15, -0.1) is 11.3 Å². The molecule has 3 heteroatoms. The third-order valence-electron chi connectivity index (χ3n) is 9.75. The van der Waals surface area contributed by atoms with Gasteiger partial charge in [0, 0.05) is 53.3 Å². The molecule has 10 rings (SSSR count). The smallest absolute Gasteiger partial charge is 0.0619 e. The first-order valence-electron chi connectivity index (χ1n) is 16.7. The van der Waals surface area contributed by atoms with E-state index in [0.717, 1.165) is 17.1 Å². The van der Waals surface area contributed by atoms with E-state index in [9.17, 15) is 0 Å².